The molecule has 1 unspecified atom stereocenters. The molecule has 0 N–H and O–H groups in total. The summed E-state index contributed by atoms with van der Waals surface area (Å²) in [5, 5.41) is 0. The number of furan rings is 1. The zero-order valence-corrected chi connectivity index (χ0v) is 9.16. The van der Waals surface area contributed by atoms with E-state index in [1.54, 1.807) is 12.5 Å². The molecule has 0 saturated carbocycles. The lowest BCUT2D eigenvalue weighted by atomic mass is 10.2. The molecule has 0 radical (unpaired) electrons. The van der Waals surface area contributed by atoms with Crippen LogP contribution in [0, 0.1) is 0 Å². The molecule has 1 aliphatic heterocycles. The summed E-state index contributed by atoms with van der Waals surface area (Å²) in [6.07, 6.45) is 8.88. The van der Waals surface area contributed by atoms with Crippen molar-refractivity contribution in [2.45, 2.75) is 45.6 Å². The second kappa shape index (κ2) is 6.66. The quantitative estimate of drug-likeness (QED) is 0.723. The van der Waals surface area contributed by atoms with Crippen LogP contribution in [0.3, 0.4) is 0 Å². The molecule has 2 nitrogen and oxygen atoms in total. The van der Waals surface area contributed by atoms with E-state index >= 15 is 0 Å². The fourth-order valence-corrected chi connectivity index (χ4v) is 1.46. The molecule has 14 heavy (non-hydrogen) atoms. The molecule has 0 aromatic carbocycles. The van der Waals surface area contributed by atoms with E-state index in [4.69, 9.17) is 9.15 Å². The van der Waals surface area contributed by atoms with Crippen molar-refractivity contribution in [1.82, 2.24) is 0 Å². The van der Waals surface area contributed by atoms with Gasteiger partial charge < -0.3 is 9.15 Å². The van der Waals surface area contributed by atoms with Crippen LogP contribution in [0.4, 0.5) is 0 Å². The fourth-order valence-electron chi connectivity index (χ4n) is 1.46. The topological polar surface area (TPSA) is 22.4 Å². The highest BCUT2D eigenvalue weighted by molar-refractivity contribution is 5.03. The summed E-state index contributed by atoms with van der Waals surface area (Å²) in [6, 6.07) is 1.97. The third-order valence-corrected chi connectivity index (χ3v) is 2.47. The highest BCUT2D eigenvalue weighted by Gasteiger charge is 2.11. The summed E-state index contributed by atoms with van der Waals surface area (Å²) in [5.74, 6) is 0. The molecule has 1 aliphatic rings. The van der Waals surface area contributed by atoms with Gasteiger partial charge in [-0.05, 0) is 37.3 Å². The Hall–Kier alpha value is -0.760. The highest BCUT2D eigenvalue weighted by Crippen LogP contribution is 2.13. The minimum Gasteiger partial charge on any atom is -0.472 e. The summed E-state index contributed by atoms with van der Waals surface area (Å²) in [5.41, 5.74) is 1.26. The van der Waals surface area contributed by atoms with Crippen molar-refractivity contribution in [3.8, 4) is 0 Å². The van der Waals surface area contributed by atoms with E-state index in [1.165, 1.54) is 24.8 Å². The lowest BCUT2D eigenvalue weighted by Gasteiger charge is -2.01. The molecule has 2 heteroatoms. The number of hydrogen-bond acceptors (Lipinski definition) is 2. The summed E-state index contributed by atoms with van der Waals surface area (Å²) in [7, 11) is 0. The van der Waals surface area contributed by atoms with Gasteiger partial charge in [0.05, 0.1) is 18.6 Å². The second-order valence-corrected chi connectivity index (χ2v) is 3.53. The van der Waals surface area contributed by atoms with Crippen molar-refractivity contribution < 1.29 is 9.15 Å². The molecule has 2 heterocycles. The van der Waals surface area contributed by atoms with Crippen molar-refractivity contribution in [3.63, 3.8) is 0 Å². The monoisotopic (exact) mass is 196 g/mol. The van der Waals surface area contributed by atoms with Crippen molar-refractivity contribution in [3.05, 3.63) is 24.2 Å². The first-order chi connectivity index (χ1) is 6.86. The van der Waals surface area contributed by atoms with Crippen LogP contribution in [0.5, 0.6) is 0 Å². The zero-order chi connectivity index (χ0) is 10.2. The van der Waals surface area contributed by atoms with Crippen molar-refractivity contribution in [2.75, 3.05) is 6.61 Å². The molecule has 1 aromatic heterocycles. The predicted molar refractivity (Wildman–Crippen MR) is 57.4 cm³/mol. The van der Waals surface area contributed by atoms with E-state index in [0.717, 1.165) is 13.0 Å². The van der Waals surface area contributed by atoms with E-state index in [1.807, 2.05) is 6.07 Å². The smallest absolute Gasteiger partial charge is 0.0934 e. The lowest BCUT2D eigenvalue weighted by Crippen LogP contribution is -2.00. The van der Waals surface area contributed by atoms with Gasteiger partial charge in [0.25, 0.3) is 0 Å². The lowest BCUT2D eigenvalue weighted by molar-refractivity contribution is 0.108. The van der Waals surface area contributed by atoms with E-state index in [-0.39, 0.29) is 0 Å². The molecule has 0 aliphatic carbocycles. The molecule has 80 valence electrons. The standard InChI is InChI=1S/C6H8O.C6H12O/c1-2-6-3-4-7-5-6;1-2-6-4-3-5-7-6/h3-5H,2H2,1H3;6H,2-5H2,1H3. The average Bonchev–Trinajstić information content (AvgIpc) is 2.92. The van der Waals surface area contributed by atoms with Gasteiger partial charge in [-0.3, -0.25) is 0 Å². The number of aryl methyl sites for hydroxylation is 1. The highest BCUT2D eigenvalue weighted by atomic mass is 16.5. The van der Waals surface area contributed by atoms with Crippen molar-refractivity contribution in [1.29, 1.82) is 0 Å². The van der Waals surface area contributed by atoms with E-state index < -0.39 is 0 Å². The average molecular weight is 196 g/mol. The Kier molecular flexibility index (Phi) is 5.38. The van der Waals surface area contributed by atoms with Crippen molar-refractivity contribution >= 4 is 0 Å². The van der Waals surface area contributed by atoms with Crippen LogP contribution in [0.15, 0.2) is 23.0 Å². The van der Waals surface area contributed by atoms with Crippen LogP contribution < -0.4 is 0 Å². The third-order valence-electron chi connectivity index (χ3n) is 2.47. The molecule has 0 amide bonds. The van der Waals surface area contributed by atoms with Crippen molar-refractivity contribution in [2.24, 2.45) is 0 Å². The van der Waals surface area contributed by atoms with Crippen LogP contribution in [0.25, 0.3) is 0 Å². The molecule has 1 aromatic rings. The molecular weight excluding hydrogens is 176 g/mol. The third kappa shape index (κ3) is 3.97. The van der Waals surface area contributed by atoms with Crippen LogP contribution in [-0.2, 0) is 11.2 Å². The molecule has 2 rings (SSSR count). The summed E-state index contributed by atoms with van der Waals surface area (Å²) < 4.78 is 10.1. The maximum Gasteiger partial charge on any atom is 0.0934 e. The predicted octanol–water partition coefficient (Wildman–Crippen LogP) is 3.42. The van der Waals surface area contributed by atoms with Gasteiger partial charge in [-0.15, -0.1) is 0 Å². The minimum atomic E-state index is 0.597. The van der Waals surface area contributed by atoms with Gasteiger partial charge in [0.1, 0.15) is 0 Å². The minimum absolute atomic E-state index is 0.597. The Balaban J connectivity index is 0.000000140. The van der Waals surface area contributed by atoms with Gasteiger partial charge in [0, 0.05) is 6.61 Å². The Morgan fingerprint density at radius 1 is 1.43 bits per heavy atom. The first kappa shape index (κ1) is 11.3. The van der Waals surface area contributed by atoms with E-state index in [0.29, 0.717) is 6.10 Å². The van der Waals surface area contributed by atoms with Gasteiger partial charge >= 0.3 is 0 Å². The molecule has 0 bridgehead atoms. The van der Waals surface area contributed by atoms with Gasteiger partial charge in [0.2, 0.25) is 0 Å². The molecule has 1 fully saturated rings. The summed E-state index contributed by atoms with van der Waals surface area (Å²) in [6.45, 7) is 5.28. The Morgan fingerprint density at radius 3 is 2.57 bits per heavy atom. The zero-order valence-electron chi connectivity index (χ0n) is 9.16. The normalized spacial score (nSPS) is 20.3. The maximum absolute atomic E-state index is 5.30. The van der Waals surface area contributed by atoms with Gasteiger partial charge in [-0.1, -0.05) is 13.8 Å². The number of hydrogen-bond donors (Lipinski definition) is 0. The Labute approximate surface area is 86.3 Å². The largest absolute Gasteiger partial charge is 0.472 e. The first-order valence-corrected chi connectivity index (χ1v) is 5.49. The summed E-state index contributed by atoms with van der Waals surface area (Å²) >= 11 is 0. The van der Waals surface area contributed by atoms with Crippen LogP contribution in [0.2, 0.25) is 0 Å². The fraction of sp³-hybridized carbons (Fsp3) is 0.667. The van der Waals surface area contributed by atoms with Gasteiger partial charge in [-0.25, -0.2) is 0 Å². The molecular formula is C12H20O2. The number of ether oxygens (including phenoxy) is 1. The van der Waals surface area contributed by atoms with Crippen LogP contribution >= 0.6 is 0 Å². The Bertz CT molecular complexity index is 210. The SMILES string of the molecule is CCC1CCCO1.CCc1ccoc1. The van der Waals surface area contributed by atoms with Gasteiger partial charge in [-0.2, -0.15) is 0 Å². The Morgan fingerprint density at radius 2 is 2.29 bits per heavy atom. The van der Waals surface area contributed by atoms with E-state index in [9.17, 15) is 0 Å². The second-order valence-electron chi connectivity index (χ2n) is 3.53. The summed E-state index contributed by atoms with van der Waals surface area (Å²) in [4.78, 5) is 0. The first-order valence-electron chi connectivity index (χ1n) is 5.49. The molecule has 1 saturated heterocycles. The van der Waals surface area contributed by atoms with Crippen LogP contribution in [0.1, 0.15) is 38.7 Å². The molecule has 1 atom stereocenters. The van der Waals surface area contributed by atoms with Gasteiger partial charge in [0.15, 0.2) is 0 Å². The van der Waals surface area contributed by atoms with E-state index in [2.05, 4.69) is 13.8 Å². The van der Waals surface area contributed by atoms with Crippen LogP contribution in [-0.4, -0.2) is 12.7 Å². The molecule has 0 spiro atoms. The number of rotatable bonds is 2. The maximum atomic E-state index is 5.30.